The van der Waals surface area contributed by atoms with Crippen LogP contribution in [0.4, 0.5) is 8.78 Å². The minimum absolute atomic E-state index is 0.00463. The highest BCUT2D eigenvalue weighted by Crippen LogP contribution is 2.10. The molecule has 2 atom stereocenters. The molecule has 0 fully saturated rings. The standard InChI is InChI=1S/C11H23F2NO2/c1-5-7-14(4)10(8-16-11(12)13)9(3)15-6-2/h9-11H,5-8H2,1-4H3/t9-,10-/m0/s1. The number of nitrogens with zero attached hydrogens (tertiary/aromatic N) is 1. The summed E-state index contributed by atoms with van der Waals surface area (Å²) in [5.74, 6) is 0. The highest BCUT2D eigenvalue weighted by atomic mass is 19.3. The van der Waals surface area contributed by atoms with Crippen LogP contribution in [0.5, 0.6) is 0 Å². The first kappa shape index (κ1) is 15.7. The van der Waals surface area contributed by atoms with Gasteiger partial charge in [-0.05, 0) is 33.9 Å². The van der Waals surface area contributed by atoms with E-state index in [1.807, 2.05) is 32.7 Å². The largest absolute Gasteiger partial charge is 0.377 e. The summed E-state index contributed by atoms with van der Waals surface area (Å²) >= 11 is 0. The molecule has 0 bridgehead atoms. The number of rotatable bonds is 9. The lowest BCUT2D eigenvalue weighted by Gasteiger charge is -2.32. The molecule has 0 N–H and O–H groups in total. The first-order valence-electron chi connectivity index (χ1n) is 5.74. The first-order valence-corrected chi connectivity index (χ1v) is 5.74. The molecule has 0 unspecified atom stereocenters. The Labute approximate surface area is 96.7 Å². The van der Waals surface area contributed by atoms with Crippen LogP contribution in [0.2, 0.25) is 0 Å². The molecule has 0 saturated heterocycles. The zero-order valence-electron chi connectivity index (χ0n) is 10.6. The second kappa shape index (κ2) is 8.84. The van der Waals surface area contributed by atoms with E-state index in [1.54, 1.807) is 0 Å². The van der Waals surface area contributed by atoms with Crippen LogP contribution in [0.15, 0.2) is 0 Å². The smallest absolute Gasteiger partial charge is 0.345 e. The molecule has 0 aromatic carbocycles. The van der Waals surface area contributed by atoms with Gasteiger partial charge in [0.15, 0.2) is 0 Å². The highest BCUT2D eigenvalue weighted by Gasteiger charge is 2.23. The number of likely N-dealkylation sites (N-methyl/N-ethyl adjacent to an activating group) is 1. The summed E-state index contributed by atoms with van der Waals surface area (Å²) in [6, 6.07) is -0.131. The molecule has 0 aliphatic carbocycles. The Morgan fingerprint density at radius 2 is 1.81 bits per heavy atom. The van der Waals surface area contributed by atoms with Crippen molar-refractivity contribution in [1.29, 1.82) is 0 Å². The van der Waals surface area contributed by atoms with Gasteiger partial charge in [0.05, 0.1) is 18.8 Å². The molecular weight excluding hydrogens is 216 g/mol. The molecule has 0 heterocycles. The predicted octanol–water partition coefficient (Wildman–Crippen LogP) is 2.36. The maximum atomic E-state index is 12.0. The van der Waals surface area contributed by atoms with Crippen LogP contribution in [0.25, 0.3) is 0 Å². The molecule has 16 heavy (non-hydrogen) atoms. The van der Waals surface area contributed by atoms with E-state index in [4.69, 9.17) is 4.74 Å². The third-order valence-corrected chi connectivity index (χ3v) is 2.51. The van der Waals surface area contributed by atoms with Gasteiger partial charge in [0.2, 0.25) is 0 Å². The summed E-state index contributed by atoms with van der Waals surface area (Å²) < 4.78 is 33.8. The van der Waals surface area contributed by atoms with Gasteiger partial charge in [-0.3, -0.25) is 4.90 Å². The van der Waals surface area contributed by atoms with Crippen molar-refractivity contribution >= 4 is 0 Å². The summed E-state index contributed by atoms with van der Waals surface area (Å²) in [5.41, 5.74) is 0. The minimum atomic E-state index is -2.72. The summed E-state index contributed by atoms with van der Waals surface area (Å²) in [7, 11) is 1.90. The van der Waals surface area contributed by atoms with E-state index in [9.17, 15) is 8.78 Å². The zero-order valence-corrected chi connectivity index (χ0v) is 10.6. The molecule has 0 spiro atoms. The molecule has 98 valence electrons. The van der Waals surface area contributed by atoms with Crippen molar-refractivity contribution in [3.8, 4) is 0 Å². The molecule has 3 nitrogen and oxygen atoms in total. The maximum Gasteiger partial charge on any atom is 0.345 e. The molecule has 0 rings (SSSR count). The third kappa shape index (κ3) is 6.35. The number of halogens is 2. The van der Waals surface area contributed by atoms with Crippen LogP contribution in [0.1, 0.15) is 27.2 Å². The van der Waals surface area contributed by atoms with Crippen LogP contribution < -0.4 is 0 Å². The van der Waals surface area contributed by atoms with Crippen molar-refractivity contribution in [2.45, 2.75) is 45.9 Å². The quantitative estimate of drug-likeness (QED) is 0.616. The van der Waals surface area contributed by atoms with Crippen LogP contribution >= 0.6 is 0 Å². The zero-order chi connectivity index (χ0) is 12.6. The monoisotopic (exact) mass is 239 g/mol. The second-order valence-corrected chi connectivity index (χ2v) is 3.80. The van der Waals surface area contributed by atoms with Crippen LogP contribution in [0.3, 0.4) is 0 Å². The summed E-state index contributed by atoms with van der Waals surface area (Å²) in [5, 5.41) is 0. The summed E-state index contributed by atoms with van der Waals surface area (Å²) in [4.78, 5) is 2.00. The van der Waals surface area contributed by atoms with Gasteiger partial charge in [-0.1, -0.05) is 6.92 Å². The Morgan fingerprint density at radius 3 is 2.25 bits per heavy atom. The number of hydrogen-bond acceptors (Lipinski definition) is 3. The van der Waals surface area contributed by atoms with Gasteiger partial charge in [-0.2, -0.15) is 8.78 Å². The molecular formula is C11H23F2NO2. The molecule has 0 aliphatic heterocycles. The molecule has 0 aromatic heterocycles. The Balaban J connectivity index is 4.24. The van der Waals surface area contributed by atoms with Crippen molar-refractivity contribution in [2.75, 3.05) is 26.8 Å². The fourth-order valence-electron chi connectivity index (χ4n) is 1.68. The van der Waals surface area contributed by atoms with E-state index >= 15 is 0 Å². The SMILES string of the molecule is CCCN(C)[C@@H](COC(F)F)[C@H](C)OCC. The third-order valence-electron chi connectivity index (χ3n) is 2.51. The van der Waals surface area contributed by atoms with Gasteiger partial charge in [0.25, 0.3) is 0 Å². The highest BCUT2D eigenvalue weighted by molar-refractivity contribution is 4.75. The van der Waals surface area contributed by atoms with Crippen molar-refractivity contribution in [3.05, 3.63) is 0 Å². The lowest BCUT2D eigenvalue weighted by Crippen LogP contribution is -2.45. The van der Waals surface area contributed by atoms with Gasteiger partial charge in [0.1, 0.15) is 0 Å². The van der Waals surface area contributed by atoms with Crippen molar-refractivity contribution in [2.24, 2.45) is 0 Å². The fourth-order valence-corrected chi connectivity index (χ4v) is 1.68. The Bertz CT molecular complexity index is 158. The molecule has 0 radical (unpaired) electrons. The van der Waals surface area contributed by atoms with Crippen molar-refractivity contribution in [1.82, 2.24) is 4.90 Å². The van der Waals surface area contributed by atoms with E-state index in [-0.39, 0.29) is 18.8 Å². The lowest BCUT2D eigenvalue weighted by atomic mass is 10.1. The second-order valence-electron chi connectivity index (χ2n) is 3.80. The van der Waals surface area contributed by atoms with Crippen LogP contribution in [-0.4, -0.2) is 50.5 Å². The molecule has 5 heteroatoms. The van der Waals surface area contributed by atoms with Gasteiger partial charge < -0.3 is 9.47 Å². The molecule has 0 amide bonds. The normalized spacial score (nSPS) is 15.8. The van der Waals surface area contributed by atoms with Crippen LogP contribution in [-0.2, 0) is 9.47 Å². The average Bonchev–Trinajstić information content (AvgIpc) is 2.18. The fraction of sp³-hybridized carbons (Fsp3) is 1.00. The van der Waals surface area contributed by atoms with Crippen molar-refractivity contribution in [3.63, 3.8) is 0 Å². The summed E-state index contributed by atoms with van der Waals surface area (Å²) in [6.45, 7) is 4.52. The van der Waals surface area contributed by atoms with Crippen molar-refractivity contribution < 1.29 is 18.3 Å². The average molecular weight is 239 g/mol. The lowest BCUT2D eigenvalue weighted by molar-refractivity contribution is -0.151. The molecule has 0 saturated carbocycles. The number of hydrogen-bond donors (Lipinski definition) is 0. The molecule has 0 aliphatic rings. The van der Waals surface area contributed by atoms with Gasteiger partial charge in [0, 0.05) is 6.61 Å². The van der Waals surface area contributed by atoms with Gasteiger partial charge in [-0.15, -0.1) is 0 Å². The van der Waals surface area contributed by atoms with E-state index in [2.05, 4.69) is 4.74 Å². The van der Waals surface area contributed by atoms with E-state index in [0.717, 1.165) is 13.0 Å². The van der Waals surface area contributed by atoms with Gasteiger partial charge in [-0.25, -0.2) is 0 Å². The summed E-state index contributed by atoms with van der Waals surface area (Å²) in [6.07, 6.45) is 0.862. The molecule has 0 aromatic rings. The predicted molar refractivity (Wildman–Crippen MR) is 59.8 cm³/mol. The van der Waals surface area contributed by atoms with Gasteiger partial charge >= 0.3 is 6.61 Å². The van der Waals surface area contributed by atoms with E-state index in [0.29, 0.717) is 6.61 Å². The van der Waals surface area contributed by atoms with Crippen LogP contribution in [0, 0.1) is 0 Å². The topological polar surface area (TPSA) is 21.7 Å². The Hall–Kier alpha value is -0.260. The number of ether oxygens (including phenoxy) is 2. The first-order chi connectivity index (χ1) is 7.52. The van der Waals surface area contributed by atoms with E-state index in [1.165, 1.54) is 0 Å². The minimum Gasteiger partial charge on any atom is -0.377 e. The maximum absolute atomic E-state index is 12.0. The number of alkyl halides is 2. The van der Waals surface area contributed by atoms with E-state index < -0.39 is 6.61 Å². The Kier molecular flexibility index (Phi) is 8.70. The Morgan fingerprint density at radius 1 is 1.19 bits per heavy atom.